The minimum Gasteiger partial charge on any atom is -0.494 e. The standard InChI is InChI=1S/C19H23NO2/c1-4-22-18-7-5-6-16(11-18)13-20-19(21)12-17-9-8-14(2)10-15(17)3/h5-11H,4,12-13H2,1-3H3,(H,20,21). The highest BCUT2D eigenvalue weighted by Gasteiger charge is 2.06. The molecule has 0 fully saturated rings. The molecule has 2 aromatic rings. The van der Waals surface area contributed by atoms with Gasteiger partial charge >= 0.3 is 0 Å². The summed E-state index contributed by atoms with van der Waals surface area (Å²) in [5, 5.41) is 2.96. The molecule has 3 nitrogen and oxygen atoms in total. The van der Waals surface area contributed by atoms with Crippen LogP contribution in [0.5, 0.6) is 5.75 Å². The summed E-state index contributed by atoms with van der Waals surface area (Å²) in [5.74, 6) is 0.873. The van der Waals surface area contributed by atoms with E-state index in [4.69, 9.17) is 4.74 Å². The van der Waals surface area contributed by atoms with Crippen molar-refractivity contribution in [1.29, 1.82) is 0 Å². The van der Waals surface area contributed by atoms with E-state index in [1.807, 2.05) is 50.2 Å². The highest BCUT2D eigenvalue weighted by Crippen LogP contribution is 2.14. The zero-order chi connectivity index (χ0) is 15.9. The third kappa shape index (κ3) is 4.62. The van der Waals surface area contributed by atoms with Crippen LogP contribution in [0.25, 0.3) is 0 Å². The van der Waals surface area contributed by atoms with Crippen molar-refractivity contribution in [3.05, 3.63) is 64.7 Å². The van der Waals surface area contributed by atoms with Crippen LogP contribution in [0.15, 0.2) is 42.5 Å². The lowest BCUT2D eigenvalue weighted by atomic mass is 10.0. The molecule has 2 rings (SSSR count). The van der Waals surface area contributed by atoms with Gasteiger partial charge in [-0.05, 0) is 49.6 Å². The maximum atomic E-state index is 12.1. The van der Waals surface area contributed by atoms with Crippen LogP contribution < -0.4 is 10.1 Å². The van der Waals surface area contributed by atoms with Gasteiger partial charge in [0.25, 0.3) is 0 Å². The summed E-state index contributed by atoms with van der Waals surface area (Å²) in [5.41, 5.74) is 4.49. The number of hydrogen-bond donors (Lipinski definition) is 1. The Kier molecular flexibility index (Phi) is 5.59. The molecule has 22 heavy (non-hydrogen) atoms. The molecule has 2 aromatic carbocycles. The van der Waals surface area contributed by atoms with Crippen LogP contribution in [0.1, 0.15) is 29.2 Å². The number of carbonyl (C=O) groups excluding carboxylic acids is 1. The van der Waals surface area contributed by atoms with Gasteiger partial charge in [0.15, 0.2) is 0 Å². The summed E-state index contributed by atoms with van der Waals surface area (Å²) in [6.45, 7) is 7.22. The van der Waals surface area contributed by atoms with E-state index < -0.39 is 0 Å². The summed E-state index contributed by atoms with van der Waals surface area (Å²) in [6, 6.07) is 14.0. The largest absolute Gasteiger partial charge is 0.494 e. The summed E-state index contributed by atoms with van der Waals surface area (Å²) in [4.78, 5) is 12.1. The highest BCUT2D eigenvalue weighted by atomic mass is 16.5. The predicted molar refractivity (Wildman–Crippen MR) is 89.1 cm³/mol. The van der Waals surface area contributed by atoms with Gasteiger partial charge in [0, 0.05) is 6.54 Å². The van der Waals surface area contributed by atoms with E-state index in [9.17, 15) is 4.79 Å². The lowest BCUT2D eigenvalue weighted by Crippen LogP contribution is -2.24. The Hall–Kier alpha value is -2.29. The van der Waals surface area contributed by atoms with E-state index >= 15 is 0 Å². The van der Waals surface area contributed by atoms with Crippen LogP contribution in [0.2, 0.25) is 0 Å². The molecule has 0 saturated carbocycles. The van der Waals surface area contributed by atoms with Crippen molar-refractivity contribution in [2.24, 2.45) is 0 Å². The van der Waals surface area contributed by atoms with Gasteiger partial charge in [0.05, 0.1) is 13.0 Å². The van der Waals surface area contributed by atoms with E-state index in [0.717, 1.165) is 22.4 Å². The Bertz CT molecular complexity index is 650. The quantitative estimate of drug-likeness (QED) is 0.885. The third-order valence-electron chi connectivity index (χ3n) is 3.55. The first kappa shape index (κ1) is 16.1. The number of nitrogens with one attached hydrogen (secondary N) is 1. The third-order valence-corrected chi connectivity index (χ3v) is 3.55. The summed E-state index contributed by atoms with van der Waals surface area (Å²) < 4.78 is 5.46. The molecule has 3 heteroatoms. The number of aryl methyl sites for hydroxylation is 2. The Morgan fingerprint density at radius 3 is 2.68 bits per heavy atom. The molecule has 116 valence electrons. The Morgan fingerprint density at radius 2 is 1.95 bits per heavy atom. The zero-order valence-corrected chi connectivity index (χ0v) is 13.5. The molecule has 0 atom stereocenters. The molecule has 0 heterocycles. The van der Waals surface area contributed by atoms with E-state index in [2.05, 4.69) is 18.3 Å². The minimum absolute atomic E-state index is 0.0359. The minimum atomic E-state index is 0.0359. The maximum absolute atomic E-state index is 12.1. The number of carbonyl (C=O) groups is 1. The molecule has 1 amide bonds. The van der Waals surface area contributed by atoms with Gasteiger partial charge in [0.2, 0.25) is 5.91 Å². The van der Waals surface area contributed by atoms with Crippen LogP contribution >= 0.6 is 0 Å². The smallest absolute Gasteiger partial charge is 0.224 e. The molecule has 0 aliphatic heterocycles. The molecule has 0 aromatic heterocycles. The van der Waals surface area contributed by atoms with Crippen molar-refractivity contribution in [3.8, 4) is 5.75 Å². The molecular weight excluding hydrogens is 274 g/mol. The second-order valence-electron chi connectivity index (χ2n) is 5.46. The van der Waals surface area contributed by atoms with E-state index in [1.165, 1.54) is 5.56 Å². The van der Waals surface area contributed by atoms with Crippen LogP contribution in [0.4, 0.5) is 0 Å². The van der Waals surface area contributed by atoms with Crippen LogP contribution in [0, 0.1) is 13.8 Å². The summed E-state index contributed by atoms with van der Waals surface area (Å²) >= 11 is 0. The molecule has 0 spiro atoms. The van der Waals surface area contributed by atoms with Crippen LogP contribution in [-0.4, -0.2) is 12.5 Å². The van der Waals surface area contributed by atoms with Crippen molar-refractivity contribution in [1.82, 2.24) is 5.32 Å². The fraction of sp³-hybridized carbons (Fsp3) is 0.316. The van der Waals surface area contributed by atoms with Gasteiger partial charge < -0.3 is 10.1 Å². The second kappa shape index (κ2) is 7.64. The van der Waals surface area contributed by atoms with Crippen LogP contribution in [-0.2, 0) is 17.8 Å². The van der Waals surface area contributed by atoms with E-state index in [-0.39, 0.29) is 5.91 Å². The lowest BCUT2D eigenvalue weighted by molar-refractivity contribution is -0.120. The first-order chi connectivity index (χ1) is 10.6. The number of ether oxygens (including phenoxy) is 1. The van der Waals surface area contributed by atoms with E-state index in [1.54, 1.807) is 0 Å². The van der Waals surface area contributed by atoms with Crippen molar-refractivity contribution in [2.45, 2.75) is 33.7 Å². The van der Waals surface area contributed by atoms with Crippen molar-refractivity contribution in [2.75, 3.05) is 6.61 Å². The molecule has 0 aliphatic carbocycles. The first-order valence-corrected chi connectivity index (χ1v) is 7.63. The SMILES string of the molecule is CCOc1cccc(CNC(=O)Cc2ccc(C)cc2C)c1. The fourth-order valence-electron chi connectivity index (χ4n) is 2.39. The number of benzene rings is 2. The van der Waals surface area contributed by atoms with Crippen molar-refractivity contribution in [3.63, 3.8) is 0 Å². The summed E-state index contributed by atoms with van der Waals surface area (Å²) in [7, 11) is 0. The molecule has 0 aliphatic rings. The fourth-order valence-corrected chi connectivity index (χ4v) is 2.39. The average Bonchev–Trinajstić information content (AvgIpc) is 2.49. The Balaban J connectivity index is 1.91. The predicted octanol–water partition coefficient (Wildman–Crippen LogP) is 3.56. The number of amides is 1. The Labute approximate surface area is 132 Å². The van der Waals surface area contributed by atoms with Gasteiger partial charge in [-0.15, -0.1) is 0 Å². The molecule has 0 unspecified atom stereocenters. The first-order valence-electron chi connectivity index (χ1n) is 7.63. The van der Waals surface area contributed by atoms with Crippen LogP contribution in [0.3, 0.4) is 0 Å². The van der Waals surface area contributed by atoms with E-state index in [0.29, 0.717) is 19.6 Å². The number of hydrogen-bond acceptors (Lipinski definition) is 2. The van der Waals surface area contributed by atoms with Gasteiger partial charge in [-0.1, -0.05) is 35.9 Å². The van der Waals surface area contributed by atoms with Crippen molar-refractivity contribution < 1.29 is 9.53 Å². The molecule has 0 radical (unpaired) electrons. The molecule has 0 bridgehead atoms. The molecule has 0 saturated heterocycles. The molecule has 1 N–H and O–H groups in total. The van der Waals surface area contributed by atoms with Gasteiger partial charge in [-0.2, -0.15) is 0 Å². The normalized spacial score (nSPS) is 10.3. The zero-order valence-electron chi connectivity index (χ0n) is 13.5. The van der Waals surface area contributed by atoms with Gasteiger partial charge in [-0.25, -0.2) is 0 Å². The second-order valence-corrected chi connectivity index (χ2v) is 5.46. The van der Waals surface area contributed by atoms with Gasteiger partial charge in [-0.3, -0.25) is 4.79 Å². The van der Waals surface area contributed by atoms with Crippen molar-refractivity contribution >= 4 is 5.91 Å². The lowest BCUT2D eigenvalue weighted by Gasteiger charge is -2.09. The summed E-state index contributed by atoms with van der Waals surface area (Å²) in [6.07, 6.45) is 0.414. The number of rotatable bonds is 6. The highest BCUT2D eigenvalue weighted by molar-refractivity contribution is 5.78. The monoisotopic (exact) mass is 297 g/mol. The van der Waals surface area contributed by atoms with Gasteiger partial charge in [0.1, 0.15) is 5.75 Å². The molecular formula is C19H23NO2. The average molecular weight is 297 g/mol. The topological polar surface area (TPSA) is 38.3 Å². The Morgan fingerprint density at radius 1 is 1.14 bits per heavy atom. The maximum Gasteiger partial charge on any atom is 0.224 e.